The average Bonchev–Trinajstić information content (AvgIpc) is 2.98. The zero-order valence-corrected chi connectivity index (χ0v) is 15.3. The molecule has 2 rings (SSSR count). The number of sulfonamides is 1. The van der Waals surface area contributed by atoms with Gasteiger partial charge in [0.05, 0.1) is 0 Å². The minimum absolute atomic E-state index is 0. The lowest BCUT2D eigenvalue weighted by atomic mass is 9.95. The minimum Gasteiger partial charge on any atom is -0.316 e. The molecular formula is C14H25ClN2O2S2. The molecule has 0 saturated carbocycles. The van der Waals surface area contributed by atoms with E-state index >= 15 is 0 Å². The van der Waals surface area contributed by atoms with Crippen LogP contribution in [0.4, 0.5) is 0 Å². The Morgan fingerprint density at radius 1 is 1.38 bits per heavy atom. The van der Waals surface area contributed by atoms with Crippen molar-refractivity contribution in [2.75, 3.05) is 19.6 Å². The van der Waals surface area contributed by atoms with E-state index in [0.29, 0.717) is 16.7 Å². The van der Waals surface area contributed by atoms with E-state index < -0.39 is 10.0 Å². The molecule has 0 aromatic carbocycles. The lowest BCUT2D eigenvalue weighted by molar-refractivity contribution is 0.520. The first-order valence-corrected chi connectivity index (χ1v) is 9.40. The topological polar surface area (TPSA) is 58.2 Å². The highest BCUT2D eigenvalue weighted by Gasteiger charge is 2.22. The highest BCUT2D eigenvalue weighted by molar-refractivity contribution is 7.91. The number of hydrogen-bond donors (Lipinski definition) is 2. The predicted molar refractivity (Wildman–Crippen MR) is 91.0 cm³/mol. The van der Waals surface area contributed by atoms with Crippen molar-refractivity contribution in [1.82, 2.24) is 10.0 Å². The Morgan fingerprint density at radius 2 is 2.10 bits per heavy atom. The molecule has 0 aliphatic carbocycles. The summed E-state index contributed by atoms with van der Waals surface area (Å²) >= 11 is 1.37. The fourth-order valence-corrected chi connectivity index (χ4v) is 4.75. The second-order valence-corrected chi connectivity index (χ2v) is 9.49. The van der Waals surface area contributed by atoms with Crippen LogP contribution in [0.3, 0.4) is 0 Å². The molecule has 1 fully saturated rings. The Morgan fingerprint density at radius 3 is 2.62 bits per heavy atom. The minimum atomic E-state index is -3.34. The normalized spacial score (nSPS) is 19.5. The molecule has 7 heteroatoms. The van der Waals surface area contributed by atoms with Gasteiger partial charge >= 0.3 is 0 Å². The molecule has 0 radical (unpaired) electrons. The van der Waals surface area contributed by atoms with Crippen molar-refractivity contribution in [3.8, 4) is 0 Å². The van der Waals surface area contributed by atoms with E-state index in [-0.39, 0.29) is 17.8 Å². The van der Waals surface area contributed by atoms with Gasteiger partial charge in [-0.25, -0.2) is 13.1 Å². The molecule has 2 N–H and O–H groups in total. The zero-order chi connectivity index (χ0) is 14.8. The molecule has 1 aliphatic heterocycles. The summed E-state index contributed by atoms with van der Waals surface area (Å²) in [6, 6.07) is 3.63. The third-order valence-corrected chi connectivity index (χ3v) is 7.06. The lowest BCUT2D eigenvalue weighted by Crippen LogP contribution is -2.26. The van der Waals surface area contributed by atoms with Gasteiger partial charge in [0.25, 0.3) is 0 Å². The molecule has 21 heavy (non-hydrogen) atoms. The summed E-state index contributed by atoms with van der Waals surface area (Å²) in [4.78, 5) is 1.10. The third kappa shape index (κ3) is 5.21. The van der Waals surface area contributed by atoms with Crippen LogP contribution in [0.1, 0.15) is 38.5 Å². The maximum absolute atomic E-state index is 12.2. The maximum Gasteiger partial charge on any atom is 0.250 e. The standard InChI is InChI=1S/C14H24N2O2S2.ClH/c1-14(2,3)12-4-5-13(19-12)20(17,18)16-9-7-11-6-8-15-10-11;/h4-5,11,15-16H,6-10H2,1-3H3;1H. The first-order valence-electron chi connectivity index (χ1n) is 7.10. The Balaban J connectivity index is 0.00000220. The quantitative estimate of drug-likeness (QED) is 0.856. The largest absolute Gasteiger partial charge is 0.316 e. The predicted octanol–water partition coefficient (Wildman–Crippen LogP) is 2.75. The summed E-state index contributed by atoms with van der Waals surface area (Å²) < 4.78 is 27.6. The Labute approximate surface area is 138 Å². The van der Waals surface area contributed by atoms with Crippen LogP contribution in [-0.2, 0) is 15.4 Å². The van der Waals surface area contributed by atoms with Crippen LogP contribution in [0.2, 0.25) is 0 Å². The molecule has 0 amide bonds. The number of rotatable bonds is 5. The molecule has 1 aromatic heterocycles. The number of hydrogen-bond acceptors (Lipinski definition) is 4. The van der Waals surface area contributed by atoms with Crippen molar-refractivity contribution in [3.63, 3.8) is 0 Å². The molecule has 1 saturated heterocycles. The first kappa shape index (κ1) is 18.9. The van der Waals surface area contributed by atoms with Gasteiger partial charge in [0.2, 0.25) is 10.0 Å². The van der Waals surface area contributed by atoms with E-state index in [1.807, 2.05) is 6.07 Å². The van der Waals surface area contributed by atoms with E-state index in [1.54, 1.807) is 6.07 Å². The number of halogens is 1. The van der Waals surface area contributed by atoms with Gasteiger partial charge in [-0.1, -0.05) is 20.8 Å². The summed E-state index contributed by atoms with van der Waals surface area (Å²) in [5, 5.41) is 3.30. The molecule has 122 valence electrons. The molecule has 0 bridgehead atoms. The average molecular weight is 353 g/mol. The van der Waals surface area contributed by atoms with E-state index in [1.165, 1.54) is 11.3 Å². The van der Waals surface area contributed by atoms with E-state index in [0.717, 1.165) is 30.8 Å². The van der Waals surface area contributed by atoms with Gasteiger partial charge in [-0.2, -0.15) is 0 Å². The summed E-state index contributed by atoms with van der Waals surface area (Å²) in [6.45, 7) is 8.87. The molecule has 0 spiro atoms. The van der Waals surface area contributed by atoms with Crippen LogP contribution < -0.4 is 10.0 Å². The second kappa shape index (κ2) is 7.42. The highest BCUT2D eigenvalue weighted by Crippen LogP contribution is 2.31. The van der Waals surface area contributed by atoms with Crippen molar-refractivity contribution in [1.29, 1.82) is 0 Å². The smallest absolute Gasteiger partial charge is 0.250 e. The van der Waals surface area contributed by atoms with Crippen molar-refractivity contribution in [3.05, 3.63) is 17.0 Å². The van der Waals surface area contributed by atoms with Gasteiger partial charge in [0, 0.05) is 11.4 Å². The van der Waals surface area contributed by atoms with Gasteiger partial charge in [0.15, 0.2) is 0 Å². The Kier molecular flexibility index (Phi) is 6.68. The van der Waals surface area contributed by atoms with E-state index in [2.05, 4.69) is 30.8 Å². The maximum atomic E-state index is 12.2. The number of thiophene rings is 1. The zero-order valence-electron chi connectivity index (χ0n) is 12.8. The molecule has 1 unspecified atom stereocenters. The molecule has 1 aromatic rings. The number of nitrogens with one attached hydrogen (secondary N) is 2. The Bertz CT molecular complexity index is 544. The van der Waals surface area contributed by atoms with Gasteiger partial charge < -0.3 is 5.32 Å². The van der Waals surface area contributed by atoms with Gasteiger partial charge in [-0.3, -0.25) is 0 Å². The van der Waals surface area contributed by atoms with Crippen LogP contribution >= 0.6 is 23.7 Å². The molecule has 4 nitrogen and oxygen atoms in total. The SMILES string of the molecule is CC(C)(C)c1ccc(S(=O)(=O)NCCC2CCNC2)s1.Cl. The van der Waals surface area contributed by atoms with E-state index in [9.17, 15) is 8.42 Å². The summed E-state index contributed by atoms with van der Waals surface area (Å²) in [5.74, 6) is 0.603. The van der Waals surface area contributed by atoms with Crippen LogP contribution in [0.5, 0.6) is 0 Å². The van der Waals surface area contributed by atoms with Gasteiger partial charge in [-0.15, -0.1) is 23.7 Å². The van der Waals surface area contributed by atoms with Crippen LogP contribution in [-0.4, -0.2) is 28.1 Å². The highest BCUT2D eigenvalue weighted by atomic mass is 35.5. The van der Waals surface area contributed by atoms with Gasteiger partial charge in [0.1, 0.15) is 4.21 Å². The molecule has 2 heterocycles. The van der Waals surface area contributed by atoms with Crippen LogP contribution in [0.25, 0.3) is 0 Å². The summed E-state index contributed by atoms with van der Waals surface area (Å²) in [5.41, 5.74) is -0.00600. The molecule has 1 atom stereocenters. The van der Waals surface area contributed by atoms with E-state index in [4.69, 9.17) is 0 Å². The van der Waals surface area contributed by atoms with Gasteiger partial charge in [-0.05, 0) is 49.4 Å². The summed E-state index contributed by atoms with van der Waals surface area (Å²) in [7, 11) is -3.34. The van der Waals surface area contributed by atoms with Crippen molar-refractivity contribution >= 4 is 33.8 Å². The van der Waals surface area contributed by atoms with Crippen LogP contribution in [0, 0.1) is 5.92 Å². The molecular weight excluding hydrogens is 328 g/mol. The van der Waals surface area contributed by atoms with Crippen molar-refractivity contribution < 1.29 is 8.42 Å². The fourth-order valence-electron chi connectivity index (χ4n) is 2.30. The van der Waals surface area contributed by atoms with Crippen molar-refractivity contribution in [2.45, 2.75) is 43.2 Å². The van der Waals surface area contributed by atoms with Crippen molar-refractivity contribution in [2.24, 2.45) is 5.92 Å². The lowest BCUT2D eigenvalue weighted by Gasteiger charge is -2.15. The third-order valence-electron chi connectivity index (χ3n) is 3.59. The van der Waals surface area contributed by atoms with Crippen LogP contribution in [0.15, 0.2) is 16.3 Å². The Hall–Kier alpha value is -0.140. The molecule has 1 aliphatic rings. The fraction of sp³-hybridized carbons (Fsp3) is 0.714. The first-order chi connectivity index (χ1) is 9.29. The monoisotopic (exact) mass is 352 g/mol. The summed E-state index contributed by atoms with van der Waals surface area (Å²) in [6.07, 6.45) is 2.05. The second-order valence-electron chi connectivity index (χ2n) is 6.41.